The fourth-order valence-electron chi connectivity index (χ4n) is 1.57. The Morgan fingerprint density at radius 2 is 1.09 bits per heavy atom. The Labute approximate surface area is 258 Å². The summed E-state index contributed by atoms with van der Waals surface area (Å²) in [6, 6.07) is 26.1. The van der Waals surface area contributed by atoms with Gasteiger partial charge in [0, 0.05) is 6.07 Å². The molecule has 4 rings (SSSR count). The molecular formula is C25H32F4IKS2. The van der Waals surface area contributed by atoms with Crippen molar-refractivity contribution in [2.45, 2.75) is 27.7 Å². The first-order valence-corrected chi connectivity index (χ1v) is 13.3. The van der Waals surface area contributed by atoms with Crippen LogP contribution in [0.4, 0.5) is 13.5 Å². The summed E-state index contributed by atoms with van der Waals surface area (Å²) in [4.78, 5) is 0. The van der Waals surface area contributed by atoms with E-state index in [0.29, 0.717) is 0 Å². The zero-order valence-corrected chi connectivity index (χ0v) is 26.9. The molecule has 0 aliphatic carbocycles. The van der Waals surface area contributed by atoms with Gasteiger partial charge in [0.05, 0.1) is 0 Å². The van der Waals surface area contributed by atoms with Crippen LogP contribution in [0, 0.1) is 24.8 Å². The molecule has 0 saturated heterocycles. The Morgan fingerprint density at radius 3 is 1.39 bits per heavy atom. The number of thiophene rings is 2. The Balaban J connectivity index is -0.000000110. The molecule has 0 unspecified atom stereocenters. The zero-order chi connectivity index (χ0) is 21.7. The first kappa shape index (κ1) is 43.0. The van der Waals surface area contributed by atoms with Crippen LogP contribution in [-0.4, -0.2) is 0 Å². The third-order valence-electron chi connectivity index (χ3n) is 2.64. The van der Waals surface area contributed by atoms with Crippen LogP contribution in [0.5, 0.6) is 0 Å². The predicted octanol–water partition coefficient (Wildman–Crippen LogP) is 0.253. The Bertz CT molecular complexity index is 801. The molecule has 2 heterocycles. The molecule has 0 spiro atoms. The fourth-order valence-corrected chi connectivity index (χ4v) is 5.70. The van der Waals surface area contributed by atoms with Crippen LogP contribution >= 0.6 is 22.7 Å². The number of rotatable bonds is 2. The van der Waals surface area contributed by atoms with E-state index < -0.39 is 0 Å². The van der Waals surface area contributed by atoms with Crippen molar-refractivity contribution < 1.29 is 90.8 Å². The van der Waals surface area contributed by atoms with Crippen molar-refractivity contribution in [1.82, 2.24) is 0 Å². The van der Waals surface area contributed by atoms with Gasteiger partial charge in [-0.25, -0.2) is 4.39 Å². The van der Waals surface area contributed by atoms with E-state index >= 15 is 0 Å². The van der Waals surface area contributed by atoms with E-state index in [0.717, 1.165) is 11.3 Å². The summed E-state index contributed by atoms with van der Waals surface area (Å²) in [5.41, 5.74) is 0. The van der Waals surface area contributed by atoms with Gasteiger partial charge in [-0.2, -0.15) is 4.39 Å². The molecule has 0 nitrogen and oxygen atoms in total. The SMILES string of the molecule is CC.CC.F.[18F-].[18F]c1ccccc1.[18F]c1cccs1.[CH3-].[K+].c1ccc([I+]c2cccs2)cc1. The molecule has 0 amide bonds. The van der Waals surface area contributed by atoms with E-state index in [1.165, 1.54) is 21.8 Å². The fraction of sp³-hybridized carbons (Fsp3) is 0.160. The average Bonchev–Trinajstić information content (AvgIpc) is 3.47. The maximum absolute atomic E-state index is 11.9. The maximum Gasteiger partial charge on any atom is 1.00 e. The summed E-state index contributed by atoms with van der Waals surface area (Å²) in [7, 11) is 0. The predicted molar refractivity (Wildman–Crippen MR) is 130 cm³/mol. The summed E-state index contributed by atoms with van der Waals surface area (Å²) < 4.78 is 26.6. The minimum Gasteiger partial charge on any atom is -1.00 e. The van der Waals surface area contributed by atoms with Gasteiger partial charge in [0.15, 0.2) is 8.70 Å². The van der Waals surface area contributed by atoms with Crippen LogP contribution in [0.2, 0.25) is 0 Å². The van der Waals surface area contributed by atoms with Gasteiger partial charge in [0.25, 0.3) is 0 Å². The second-order valence-electron chi connectivity index (χ2n) is 4.52. The van der Waals surface area contributed by atoms with E-state index in [-0.39, 0.29) is 100 Å². The van der Waals surface area contributed by atoms with Crippen LogP contribution in [0.3, 0.4) is 0 Å². The number of benzene rings is 2. The molecule has 4 aromatic rings. The zero-order valence-electron chi connectivity index (χ0n) is 20.0. The van der Waals surface area contributed by atoms with E-state index in [1.807, 2.05) is 39.0 Å². The smallest absolute Gasteiger partial charge is 1.00 e. The van der Waals surface area contributed by atoms with Gasteiger partial charge in [-0.15, -0.1) is 11.3 Å². The minimum absolute atomic E-state index is 0. The van der Waals surface area contributed by atoms with E-state index in [9.17, 15) is 8.78 Å². The number of halogens is 5. The summed E-state index contributed by atoms with van der Waals surface area (Å²) in [5.74, 6) is -0.178. The van der Waals surface area contributed by atoms with Crippen molar-refractivity contribution in [3.05, 3.63) is 121 Å². The number of hydrogen-bond donors (Lipinski definition) is 0. The van der Waals surface area contributed by atoms with Gasteiger partial charge < -0.3 is 12.1 Å². The van der Waals surface area contributed by atoms with E-state index in [2.05, 4.69) is 47.8 Å². The van der Waals surface area contributed by atoms with Gasteiger partial charge in [0.1, 0.15) is 5.82 Å². The van der Waals surface area contributed by atoms with Crippen LogP contribution < -0.4 is 77.3 Å². The Hall–Kier alpha value is -0.0736. The van der Waals surface area contributed by atoms with Gasteiger partial charge >= 0.3 is 72.6 Å². The normalized spacial score (nSPS) is 7.45. The van der Waals surface area contributed by atoms with Crippen LogP contribution in [0.15, 0.2) is 95.7 Å². The minimum atomic E-state index is -0.178. The summed E-state index contributed by atoms with van der Waals surface area (Å²) >= 11 is 3.06. The first-order chi connectivity index (χ1) is 14.2. The molecule has 2 aromatic carbocycles. The second-order valence-corrected chi connectivity index (χ2v) is 10.0. The van der Waals surface area contributed by atoms with Gasteiger partial charge in [-0.1, -0.05) is 75.4 Å². The monoisotopic (exact) mass is 635 g/mol. The molecule has 0 radical (unpaired) electrons. The molecular weight excluding hydrogens is 603 g/mol. The topological polar surface area (TPSA) is 0 Å². The van der Waals surface area contributed by atoms with Crippen molar-refractivity contribution >= 4 is 22.7 Å². The molecule has 0 aliphatic heterocycles. The largest absolute Gasteiger partial charge is 1.00 e. The van der Waals surface area contributed by atoms with Crippen molar-refractivity contribution in [2.24, 2.45) is 0 Å². The molecule has 33 heavy (non-hydrogen) atoms. The third kappa shape index (κ3) is 24.8. The van der Waals surface area contributed by atoms with Crippen molar-refractivity contribution in [1.29, 1.82) is 0 Å². The average molecular weight is 636 g/mol. The molecule has 0 N–H and O–H groups in total. The first-order valence-electron chi connectivity index (χ1n) is 9.37. The molecule has 0 saturated carbocycles. The molecule has 0 bridgehead atoms. The number of hydrogen-bond acceptors (Lipinski definition) is 2. The molecule has 8 heteroatoms. The van der Waals surface area contributed by atoms with Crippen molar-refractivity contribution in [3.63, 3.8) is 0 Å². The van der Waals surface area contributed by atoms with Gasteiger partial charge in [-0.3, -0.25) is 4.70 Å². The molecule has 2 aromatic heterocycles. The van der Waals surface area contributed by atoms with E-state index in [4.69, 9.17) is 0 Å². The molecule has 0 fully saturated rings. The third-order valence-corrected chi connectivity index (χ3v) is 7.46. The second kappa shape index (κ2) is 31.9. The van der Waals surface area contributed by atoms with Gasteiger partial charge in [-0.05, 0) is 53.2 Å². The quantitative estimate of drug-likeness (QED) is 0.128. The van der Waals surface area contributed by atoms with Crippen LogP contribution in [-0.2, 0) is 0 Å². The molecule has 0 aliphatic rings. The van der Waals surface area contributed by atoms with Crippen molar-refractivity contribution in [2.75, 3.05) is 0 Å². The van der Waals surface area contributed by atoms with Gasteiger partial charge in [0.2, 0.25) is 2.88 Å². The van der Waals surface area contributed by atoms with Crippen LogP contribution in [0.1, 0.15) is 27.7 Å². The summed E-state index contributed by atoms with van der Waals surface area (Å²) in [6.07, 6.45) is 0. The summed E-state index contributed by atoms with van der Waals surface area (Å²) in [5, 5.41) is 3.74. The molecule has 0 atom stereocenters. The maximum atomic E-state index is 11.9. The Kier molecular flexibility index (Phi) is 41.6. The Morgan fingerprint density at radius 1 is 0.636 bits per heavy atom. The van der Waals surface area contributed by atoms with Crippen molar-refractivity contribution in [3.8, 4) is 0 Å². The molecule has 180 valence electrons. The van der Waals surface area contributed by atoms with E-state index in [1.54, 1.807) is 32.5 Å². The van der Waals surface area contributed by atoms with Crippen LogP contribution in [0.25, 0.3) is 0 Å². The summed E-state index contributed by atoms with van der Waals surface area (Å²) in [6.45, 7) is 8.00. The standard InChI is InChI=1S/C10H8IS.C6H5F.C4H3FS.2C2H6.CH3.2FH.K/c1-2-5-9(6-3-1)11-10-7-4-8-12-10;7-6-4-2-1-3-5-6;5-4-2-1-3-6-4;2*1-2;;;;/h1-8H;1-5H;1-3H;2*1-2H3;1H3;2*1H;/q+1;;;;;-1;;;+1/p-1/i;7-1;5-1;;;;1-1;;.